The van der Waals surface area contributed by atoms with Crippen molar-refractivity contribution in [1.82, 2.24) is 0 Å². The van der Waals surface area contributed by atoms with Crippen LogP contribution in [-0.2, 0) is 4.79 Å². The van der Waals surface area contributed by atoms with E-state index in [-0.39, 0.29) is 16.9 Å². The molecule has 0 aromatic rings. The lowest BCUT2D eigenvalue weighted by atomic mass is 9.48. The second-order valence-corrected chi connectivity index (χ2v) is 9.44. The number of carbonyl (C=O) groups is 1. The van der Waals surface area contributed by atoms with Gasteiger partial charge in [-0.25, -0.2) is 0 Å². The number of hydrogen-bond donors (Lipinski definition) is 1. The van der Waals surface area contributed by atoms with Crippen LogP contribution in [0.2, 0.25) is 0 Å². The Hall–Kier alpha value is -0.630. The Morgan fingerprint density at radius 2 is 1.86 bits per heavy atom. The van der Waals surface area contributed by atoms with E-state index in [0.717, 1.165) is 31.1 Å². The van der Waals surface area contributed by atoms with Crippen LogP contribution in [-0.4, -0.2) is 17.0 Å². The molecule has 1 N–H and O–H groups in total. The van der Waals surface area contributed by atoms with Crippen LogP contribution in [0.5, 0.6) is 0 Å². The van der Waals surface area contributed by atoms with Gasteiger partial charge in [-0.15, -0.1) is 0 Å². The minimum absolute atomic E-state index is 0.0867. The Labute approximate surface area is 134 Å². The van der Waals surface area contributed by atoms with E-state index in [9.17, 15) is 9.90 Å². The monoisotopic (exact) mass is 302 g/mol. The third-order valence-corrected chi connectivity index (χ3v) is 7.85. The smallest absolute Gasteiger partial charge is 0.156 e. The lowest BCUT2D eigenvalue weighted by Crippen LogP contribution is -2.51. The van der Waals surface area contributed by atoms with Crippen molar-refractivity contribution in [3.8, 4) is 0 Å². The third kappa shape index (κ3) is 1.92. The van der Waals surface area contributed by atoms with Crippen molar-refractivity contribution in [2.24, 2.45) is 34.5 Å². The molecular weight excluding hydrogens is 272 g/mol. The van der Waals surface area contributed by atoms with Gasteiger partial charge >= 0.3 is 0 Å². The summed E-state index contributed by atoms with van der Waals surface area (Å²) < 4.78 is 0. The SMILES string of the molecule is CC1(C)CC(=O)C=C2CC[C@@H]3[C@H](CC[C@]4(C)[C@@H](O)CC[C@@H]34)C21. The van der Waals surface area contributed by atoms with Gasteiger partial charge in [0.2, 0.25) is 0 Å². The van der Waals surface area contributed by atoms with E-state index < -0.39 is 0 Å². The largest absolute Gasteiger partial charge is 0.393 e. The van der Waals surface area contributed by atoms with Gasteiger partial charge in [-0.3, -0.25) is 4.79 Å². The molecule has 1 unspecified atom stereocenters. The Morgan fingerprint density at radius 3 is 2.64 bits per heavy atom. The van der Waals surface area contributed by atoms with Gasteiger partial charge < -0.3 is 5.11 Å². The number of aliphatic hydroxyl groups excluding tert-OH is 1. The molecule has 0 aromatic carbocycles. The zero-order chi connectivity index (χ0) is 15.7. The molecule has 122 valence electrons. The van der Waals surface area contributed by atoms with Crippen LogP contribution < -0.4 is 0 Å². The van der Waals surface area contributed by atoms with E-state index in [1.165, 1.54) is 31.3 Å². The number of carbonyl (C=O) groups excluding carboxylic acids is 1. The van der Waals surface area contributed by atoms with Crippen molar-refractivity contribution in [2.75, 3.05) is 0 Å². The van der Waals surface area contributed by atoms with Crippen molar-refractivity contribution < 1.29 is 9.90 Å². The second-order valence-electron chi connectivity index (χ2n) is 9.44. The molecule has 0 spiro atoms. The van der Waals surface area contributed by atoms with Gasteiger partial charge in [0.15, 0.2) is 5.78 Å². The summed E-state index contributed by atoms with van der Waals surface area (Å²) >= 11 is 0. The lowest BCUT2D eigenvalue weighted by Gasteiger charge is -2.56. The number of ketones is 1. The van der Waals surface area contributed by atoms with E-state index in [1.807, 2.05) is 6.08 Å². The van der Waals surface area contributed by atoms with Gasteiger partial charge in [0.1, 0.15) is 0 Å². The summed E-state index contributed by atoms with van der Waals surface area (Å²) in [6.07, 6.45) is 9.60. The Bertz CT molecular complexity index is 532. The summed E-state index contributed by atoms with van der Waals surface area (Å²) in [6.45, 7) is 6.96. The maximum absolute atomic E-state index is 12.1. The van der Waals surface area contributed by atoms with Crippen molar-refractivity contribution in [3.63, 3.8) is 0 Å². The summed E-state index contributed by atoms with van der Waals surface area (Å²) in [7, 11) is 0. The fraction of sp³-hybridized carbons (Fsp3) is 0.850. The molecule has 22 heavy (non-hydrogen) atoms. The van der Waals surface area contributed by atoms with Gasteiger partial charge in [0, 0.05) is 6.42 Å². The van der Waals surface area contributed by atoms with Crippen LogP contribution >= 0.6 is 0 Å². The van der Waals surface area contributed by atoms with Crippen molar-refractivity contribution >= 4 is 5.78 Å². The first-order valence-corrected chi connectivity index (χ1v) is 9.24. The maximum atomic E-state index is 12.1. The Balaban J connectivity index is 1.69. The van der Waals surface area contributed by atoms with E-state index in [4.69, 9.17) is 0 Å². The van der Waals surface area contributed by atoms with Gasteiger partial charge in [-0.2, -0.15) is 0 Å². The molecule has 0 aromatic heterocycles. The predicted octanol–water partition coefficient (Wildman–Crippen LogP) is 4.13. The van der Waals surface area contributed by atoms with Crippen LogP contribution in [0.3, 0.4) is 0 Å². The topological polar surface area (TPSA) is 37.3 Å². The van der Waals surface area contributed by atoms with Crippen molar-refractivity contribution in [1.29, 1.82) is 0 Å². The molecule has 3 fully saturated rings. The molecule has 0 saturated heterocycles. The Morgan fingerprint density at radius 1 is 1.09 bits per heavy atom. The molecule has 3 saturated carbocycles. The zero-order valence-electron chi connectivity index (χ0n) is 14.3. The van der Waals surface area contributed by atoms with E-state index >= 15 is 0 Å². The number of rotatable bonds is 0. The van der Waals surface area contributed by atoms with Gasteiger partial charge in [-0.05, 0) is 79.1 Å². The summed E-state index contributed by atoms with van der Waals surface area (Å²) in [5.41, 5.74) is 1.73. The normalized spacial score (nSPS) is 49.9. The summed E-state index contributed by atoms with van der Waals surface area (Å²) in [6, 6.07) is 0. The quantitative estimate of drug-likeness (QED) is 0.730. The summed E-state index contributed by atoms with van der Waals surface area (Å²) in [4.78, 5) is 12.1. The minimum Gasteiger partial charge on any atom is -0.393 e. The van der Waals surface area contributed by atoms with Gasteiger partial charge in [0.25, 0.3) is 0 Å². The highest BCUT2D eigenvalue weighted by Gasteiger charge is 2.58. The average Bonchev–Trinajstić information content (AvgIpc) is 2.73. The van der Waals surface area contributed by atoms with E-state index in [2.05, 4.69) is 20.8 Å². The fourth-order valence-electron chi connectivity index (χ4n) is 6.94. The first-order chi connectivity index (χ1) is 10.3. The van der Waals surface area contributed by atoms with Crippen LogP contribution in [0, 0.1) is 34.5 Å². The first-order valence-electron chi connectivity index (χ1n) is 9.24. The highest BCUT2D eigenvalue weighted by Crippen LogP contribution is 2.63. The predicted molar refractivity (Wildman–Crippen MR) is 87.3 cm³/mol. The van der Waals surface area contributed by atoms with Crippen LogP contribution in [0.4, 0.5) is 0 Å². The minimum atomic E-state index is -0.0867. The average molecular weight is 302 g/mol. The molecule has 0 amide bonds. The van der Waals surface area contributed by atoms with E-state index in [1.54, 1.807) is 0 Å². The zero-order valence-corrected chi connectivity index (χ0v) is 14.3. The highest BCUT2D eigenvalue weighted by atomic mass is 16.3. The number of allylic oxidation sites excluding steroid dienone is 1. The number of aliphatic hydroxyl groups is 1. The molecule has 4 aliphatic carbocycles. The van der Waals surface area contributed by atoms with Crippen LogP contribution in [0.15, 0.2) is 11.6 Å². The third-order valence-electron chi connectivity index (χ3n) is 7.85. The molecule has 0 heterocycles. The number of hydrogen-bond acceptors (Lipinski definition) is 2. The summed E-state index contributed by atoms with van der Waals surface area (Å²) in [5.74, 6) is 3.16. The molecule has 0 radical (unpaired) electrons. The molecule has 0 aliphatic heterocycles. The molecule has 2 nitrogen and oxygen atoms in total. The lowest BCUT2D eigenvalue weighted by molar-refractivity contribution is -0.120. The molecule has 0 bridgehead atoms. The second kappa shape index (κ2) is 4.69. The van der Waals surface area contributed by atoms with Crippen molar-refractivity contribution in [2.45, 2.75) is 71.8 Å². The number of fused-ring (bicyclic) bond motifs is 5. The molecule has 4 aliphatic rings. The Kier molecular flexibility index (Phi) is 3.18. The summed E-state index contributed by atoms with van der Waals surface area (Å²) in [5, 5.41) is 10.5. The maximum Gasteiger partial charge on any atom is 0.156 e. The van der Waals surface area contributed by atoms with Gasteiger partial charge in [-0.1, -0.05) is 26.3 Å². The standard InChI is InChI=1S/C20H30O2/c1-19(2)11-13(21)10-12-4-5-14-15(18(12)19)8-9-20(3)16(14)6-7-17(20)22/h10,14-18,22H,4-9,11H2,1-3H3/t14-,15+,16+,17+,18?,20+/m1/s1. The molecule has 4 rings (SSSR count). The van der Waals surface area contributed by atoms with Gasteiger partial charge in [0.05, 0.1) is 6.10 Å². The van der Waals surface area contributed by atoms with Crippen molar-refractivity contribution in [3.05, 3.63) is 11.6 Å². The molecule has 2 heteroatoms. The van der Waals surface area contributed by atoms with Crippen LogP contribution in [0.1, 0.15) is 65.7 Å². The molecule has 6 atom stereocenters. The molecular formula is C20H30O2. The first kappa shape index (κ1) is 14.9. The highest BCUT2D eigenvalue weighted by molar-refractivity contribution is 5.92. The fourth-order valence-corrected chi connectivity index (χ4v) is 6.94. The van der Waals surface area contributed by atoms with E-state index in [0.29, 0.717) is 17.6 Å². The van der Waals surface area contributed by atoms with Crippen LogP contribution in [0.25, 0.3) is 0 Å².